The summed E-state index contributed by atoms with van der Waals surface area (Å²) in [5, 5.41) is 8.14. The van der Waals surface area contributed by atoms with Crippen LogP contribution < -0.4 is 15.8 Å². The summed E-state index contributed by atoms with van der Waals surface area (Å²) in [6, 6.07) is 10.3. The van der Waals surface area contributed by atoms with Gasteiger partial charge >= 0.3 is 0 Å². The number of carbonyl (C=O) groups is 1. The van der Waals surface area contributed by atoms with Gasteiger partial charge in [0.15, 0.2) is 0 Å². The van der Waals surface area contributed by atoms with Gasteiger partial charge in [0.05, 0.1) is 30.1 Å². The van der Waals surface area contributed by atoms with E-state index in [1.165, 1.54) is 19.3 Å². The Morgan fingerprint density at radius 3 is 2.63 bits per heavy atom. The van der Waals surface area contributed by atoms with Crippen molar-refractivity contribution in [2.75, 3.05) is 12.4 Å². The Morgan fingerprint density at radius 2 is 2.00 bits per heavy atom. The van der Waals surface area contributed by atoms with Crippen molar-refractivity contribution in [2.24, 2.45) is 16.6 Å². The number of carbonyl (C=O) groups excluding carboxylic acids is 1. The number of primary amides is 1. The predicted octanol–water partition coefficient (Wildman–Crippen LogP) is 4.49. The fraction of sp³-hybridized carbons (Fsp3) is 0.417. The highest BCUT2D eigenvalue weighted by molar-refractivity contribution is 6.02. The molecule has 3 N–H and O–H groups in total. The highest BCUT2D eigenvalue weighted by Gasteiger charge is 2.64. The van der Waals surface area contributed by atoms with Crippen LogP contribution in [0.15, 0.2) is 42.7 Å². The van der Waals surface area contributed by atoms with Gasteiger partial charge in [0.2, 0.25) is 0 Å². The van der Waals surface area contributed by atoms with Crippen LogP contribution in [-0.4, -0.2) is 28.7 Å². The van der Waals surface area contributed by atoms with Crippen molar-refractivity contribution in [3.8, 4) is 16.9 Å². The van der Waals surface area contributed by atoms with Gasteiger partial charge in [-0.2, -0.15) is 5.10 Å². The van der Waals surface area contributed by atoms with Gasteiger partial charge in [-0.3, -0.25) is 4.79 Å². The number of ether oxygens (including phenoxy) is 1. The van der Waals surface area contributed by atoms with E-state index >= 15 is 0 Å². The molecular formula is C24H28N4O2. The van der Waals surface area contributed by atoms with Crippen molar-refractivity contribution in [2.45, 2.75) is 45.6 Å². The summed E-state index contributed by atoms with van der Waals surface area (Å²) >= 11 is 0. The first-order valence-corrected chi connectivity index (χ1v) is 10.6. The minimum absolute atomic E-state index is 0.313. The van der Waals surface area contributed by atoms with Crippen LogP contribution in [-0.2, 0) is 0 Å². The lowest BCUT2D eigenvalue weighted by molar-refractivity contribution is 0.100. The molecule has 156 valence electrons. The van der Waals surface area contributed by atoms with Gasteiger partial charge < -0.3 is 15.8 Å². The average molecular weight is 405 g/mol. The van der Waals surface area contributed by atoms with E-state index in [1.807, 2.05) is 35.0 Å². The molecule has 0 aliphatic heterocycles. The number of nitrogens with zero attached hydrogens (tertiary/aromatic N) is 2. The molecule has 2 saturated carbocycles. The van der Waals surface area contributed by atoms with Crippen LogP contribution in [0.25, 0.3) is 16.6 Å². The molecule has 0 saturated heterocycles. The number of hydrogen-bond donors (Lipinski definition) is 2. The molecule has 2 aliphatic rings. The molecule has 1 spiro atoms. The van der Waals surface area contributed by atoms with Crippen LogP contribution in [0.2, 0.25) is 0 Å². The maximum absolute atomic E-state index is 12.2. The molecular weight excluding hydrogens is 376 g/mol. The highest BCUT2D eigenvalue weighted by Crippen LogP contribution is 2.68. The predicted molar refractivity (Wildman–Crippen MR) is 118 cm³/mol. The van der Waals surface area contributed by atoms with E-state index in [0.717, 1.165) is 34.5 Å². The minimum Gasteiger partial charge on any atom is -0.497 e. The van der Waals surface area contributed by atoms with Gasteiger partial charge in [-0.15, -0.1) is 0 Å². The number of nitrogens with two attached hydrogens (primary N) is 1. The summed E-state index contributed by atoms with van der Waals surface area (Å²) in [6.45, 7) is 4.75. The molecule has 0 radical (unpaired) electrons. The first-order valence-electron chi connectivity index (χ1n) is 10.6. The lowest BCUT2D eigenvalue weighted by Crippen LogP contribution is -2.26. The van der Waals surface area contributed by atoms with Crippen LogP contribution in [0.5, 0.6) is 5.75 Å². The second-order valence-electron chi connectivity index (χ2n) is 9.38. The fourth-order valence-electron chi connectivity index (χ4n) is 5.46. The molecule has 2 aliphatic carbocycles. The Kier molecular flexibility index (Phi) is 4.10. The van der Waals surface area contributed by atoms with Crippen LogP contribution in [0.4, 0.5) is 5.69 Å². The third-order valence-electron chi connectivity index (χ3n) is 7.49. The number of methoxy groups -OCH3 is 1. The summed E-state index contributed by atoms with van der Waals surface area (Å²) in [7, 11) is 1.66. The van der Waals surface area contributed by atoms with Crippen molar-refractivity contribution in [3.05, 3.63) is 48.3 Å². The second-order valence-corrected chi connectivity index (χ2v) is 9.38. The molecule has 2 atom stereocenters. The molecule has 1 amide bonds. The Balaban J connectivity index is 1.55. The maximum Gasteiger partial charge on any atom is 0.252 e. The van der Waals surface area contributed by atoms with Crippen LogP contribution >= 0.6 is 0 Å². The Hall–Kier alpha value is -3.02. The minimum atomic E-state index is -0.458. The lowest BCUT2D eigenvalue weighted by Gasteiger charge is -2.28. The first kappa shape index (κ1) is 19.0. The van der Waals surface area contributed by atoms with Crippen molar-refractivity contribution in [1.29, 1.82) is 0 Å². The number of aromatic nitrogens is 2. The van der Waals surface area contributed by atoms with Gasteiger partial charge in [-0.1, -0.05) is 32.4 Å². The average Bonchev–Trinajstić information content (AvgIpc) is 3.11. The number of amides is 1. The normalized spacial score (nSPS) is 24.3. The zero-order valence-electron chi connectivity index (χ0n) is 17.7. The summed E-state index contributed by atoms with van der Waals surface area (Å²) in [6.07, 6.45) is 8.46. The summed E-state index contributed by atoms with van der Waals surface area (Å²) < 4.78 is 7.08. The van der Waals surface area contributed by atoms with Gasteiger partial charge in [0, 0.05) is 17.8 Å². The van der Waals surface area contributed by atoms with E-state index in [1.54, 1.807) is 13.3 Å². The quantitative estimate of drug-likeness (QED) is 0.656. The fourth-order valence-corrected chi connectivity index (χ4v) is 5.46. The van der Waals surface area contributed by atoms with Crippen LogP contribution in [0, 0.1) is 10.8 Å². The molecule has 6 heteroatoms. The molecule has 1 unspecified atom stereocenters. The topological polar surface area (TPSA) is 81.6 Å². The monoisotopic (exact) mass is 404 g/mol. The van der Waals surface area contributed by atoms with E-state index in [4.69, 9.17) is 10.5 Å². The number of fused-ring (bicyclic) bond motifs is 1. The number of nitrogens with one attached hydrogen (secondary N) is 1. The molecule has 5 rings (SSSR count). The van der Waals surface area contributed by atoms with E-state index in [9.17, 15) is 4.79 Å². The molecule has 2 aromatic heterocycles. The highest BCUT2D eigenvalue weighted by atomic mass is 16.5. The van der Waals surface area contributed by atoms with E-state index in [2.05, 4.69) is 30.3 Å². The SMILES string of the molecule is COc1ccc(-c2cc3c(N[C@H]4CC45CCCC5(C)C)c(C(N)=O)cnn3c2)cc1. The zero-order valence-corrected chi connectivity index (χ0v) is 17.7. The molecule has 3 aromatic rings. The maximum atomic E-state index is 12.2. The van der Waals surface area contributed by atoms with Gasteiger partial charge in [-0.05, 0) is 53.9 Å². The number of hydrogen-bond acceptors (Lipinski definition) is 4. The van der Waals surface area contributed by atoms with Crippen LogP contribution in [0.1, 0.15) is 49.9 Å². The third kappa shape index (κ3) is 2.77. The molecule has 2 fully saturated rings. The van der Waals surface area contributed by atoms with Gasteiger partial charge in [0.25, 0.3) is 5.91 Å². The molecule has 1 aromatic carbocycles. The van der Waals surface area contributed by atoms with Gasteiger partial charge in [-0.25, -0.2) is 4.52 Å². The lowest BCUT2D eigenvalue weighted by atomic mass is 9.78. The molecule has 2 heterocycles. The summed E-state index contributed by atoms with van der Waals surface area (Å²) in [5.74, 6) is 0.359. The molecule has 6 nitrogen and oxygen atoms in total. The van der Waals surface area contributed by atoms with Crippen molar-refractivity contribution in [3.63, 3.8) is 0 Å². The number of benzene rings is 1. The van der Waals surface area contributed by atoms with Crippen molar-refractivity contribution in [1.82, 2.24) is 9.61 Å². The Bertz CT molecular complexity index is 1130. The number of rotatable bonds is 5. The van der Waals surface area contributed by atoms with Gasteiger partial charge in [0.1, 0.15) is 5.75 Å². The largest absolute Gasteiger partial charge is 0.497 e. The van der Waals surface area contributed by atoms with E-state index in [0.29, 0.717) is 22.4 Å². The van der Waals surface area contributed by atoms with Crippen molar-refractivity contribution >= 4 is 17.1 Å². The van der Waals surface area contributed by atoms with Crippen LogP contribution in [0.3, 0.4) is 0 Å². The molecule has 30 heavy (non-hydrogen) atoms. The molecule has 0 bridgehead atoms. The summed E-state index contributed by atoms with van der Waals surface area (Å²) in [5.41, 5.74) is 10.5. The Morgan fingerprint density at radius 1 is 1.23 bits per heavy atom. The first-order chi connectivity index (χ1) is 14.3. The third-order valence-corrected chi connectivity index (χ3v) is 7.49. The zero-order chi connectivity index (χ0) is 21.1. The van der Waals surface area contributed by atoms with Crippen molar-refractivity contribution < 1.29 is 9.53 Å². The number of anilines is 1. The second kappa shape index (κ2) is 6.49. The van der Waals surface area contributed by atoms with E-state index < -0.39 is 5.91 Å². The standard InChI is InChI=1S/C24H28N4O2/c1-23(2)9-4-10-24(23)12-20(24)27-21-18(22(25)29)13-26-28-14-16(11-19(21)28)15-5-7-17(30-3)8-6-15/h5-8,11,13-14,20,27H,4,9-10,12H2,1-3H3,(H2,25,29)/t20-,24?/m0/s1. The summed E-state index contributed by atoms with van der Waals surface area (Å²) in [4.78, 5) is 12.2. The smallest absolute Gasteiger partial charge is 0.252 e. The van der Waals surface area contributed by atoms with E-state index in [-0.39, 0.29) is 0 Å². The Labute approximate surface area is 176 Å².